The fourth-order valence-electron chi connectivity index (χ4n) is 1.71. The first-order valence-electron chi connectivity index (χ1n) is 4.74. The molecule has 0 bridgehead atoms. The Balaban J connectivity index is 2.20. The molecule has 1 fully saturated rings. The van der Waals surface area contributed by atoms with Crippen molar-refractivity contribution in [2.45, 2.75) is 57.5 Å². The van der Waals surface area contributed by atoms with E-state index in [1.165, 1.54) is 19.3 Å². The van der Waals surface area contributed by atoms with Gasteiger partial charge in [-0.25, -0.2) is 8.78 Å². The van der Waals surface area contributed by atoms with Gasteiger partial charge in [-0.15, -0.1) is 0 Å². The third-order valence-electron chi connectivity index (χ3n) is 2.48. The lowest BCUT2D eigenvalue weighted by Gasteiger charge is -2.26. The minimum atomic E-state index is -2.23. The molecular weight excluding hydrogens is 160 g/mol. The molecule has 1 aliphatic rings. The molecule has 1 aliphatic carbocycles. The van der Waals surface area contributed by atoms with Gasteiger partial charge in [-0.1, -0.05) is 19.3 Å². The molecule has 1 rings (SSSR count). The Kier molecular flexibility index (Phi) is 3.92. The van der Waals surface area contributed by atoms with Crippen LogP contribution < -0.4 is 5.32 Å². The molecule has 0 aromatic carbocycles. The van der Waals surface area contributed by atoms with Crippen molar-refractivity contribution in [2.75, 3.05) is 0 Å². The van der Waals surface area contributed by atoms with E-state index in [0.717, 1.165) is 12.8 Å². The van der Waals surface area contributed by atoms with Crippen molar-refractivity contribution < 1.29 is 8.78 Å². The minimum absolute atomic E-state index is 0.336. The summed E-state index contributed by atoms with van der Waals surface area (Å²) in [5.41, 5.74) is 0. The van der Waals surface area contributed by atoms with E-state index in [4.69, 9.17) is 0 Å². The van der Waals surface area contributed by atoms with Crippen molar-refractivity contribution >= 4 is 0 Å². The van der Waals surface area contributed by atoms with E-state index < -0.39 is 12.5 Å². The Morgan fingerprint density at radius 1 is 1.17 bits per heavy atom. The first-order valence-corrected chi connectivity index (χ1v) is 4.74. The lowest BCUT2D eigenvalue weighted by atomic mass is 9.95. The van der Waals surface area contributed by atoms with Gasteiger partial charge in [0.05, 0.1) is 6.04 Å². The summed E-state index contributed by atoms with van der Waals surface area (Å²) in [4.78, 5) is 0. The van der Waals surface area contributed by atoms with Crippen LogP contribution in [0.25, 0.3) is 0 Å². The third kappa shape index (κ3) is 3.05. The fraction of sp³-hybridized carbons (Fsp3) is 1.00. The van der Waals surface area contributed by atoms with Gasteiger partial charge in [0.25, 0.3) is 6.43 Å². The highest BCUT2D eigenvalue weighted by Crippen LogP contribution is 2.18. The Hall–Kier alpha value is -0.180. The maximum absolute atomic E-state index is 12.1. The topological polar surface area (TPSA) is 12.0 Å². The Morgan fingerprint density at radius 3 is 2.25 bits per heavy atom. The summed E-state index contributed by atoms with van der Waals surface area (Å²) in [6.07, 6.45) is 3.54. The summed E-state index contributed by atoms with van der Waals surface area (Å²) in [5.74, 6) is 0. The number of alkyl halides is 2. The molecule has 1 unspecified atom stereocenters. The normalized spacial score (nSPS) is 23.0. The zero-order valence-electron chi connectivity index (χ0n) is 7.52. The summed E-state index contributed by atoms with van der Waals surface area (Å²) >= 11 is 0. The van der Waals surface area contributed by atoms with Gasteiger partial charge in [-0.05, 0) is 19.8 Å². The molecule has 0 radical (unpaired) electrons. The maximum Gasteiger partial charge on any atom is 0.253 e. The number of halogens is 2. The van der Waals surface area contributed by atoms with E-state index in [1.54, 1.807) is 6.92 Å². The van der Waals surface area contributed by atoms with E-state index in [2.05, 4.69) is 5.32 Å². The number of hydrogen-bond donors (Lipinski definition) is 1. The lowest BCUT2D eigenvalue weighted by molar-refractivity contribution is 0.0963. The molecule has 0 aromatic rings. The van der Waals surface area contributed by atoms with Crippen LogP contribution >= 0.6 is 0 Å². The van der Waals surface area contributed by atoms with E-state index >= 15 is 0 Å². The Morgan fingerprint density at radius 2 is 1.75 bits per heavy atom. The van der Waals surface area contributed by atoms with Gasteiger partial charge in [0.1, 0.15) is 0 Å². The monoisotopic (exact) mass is 177 g/mol. The molecule has 0 saturated heterocycles. The van der Waals surface area contributed by atoms with Crippen LogP contribution in [0.1, 0.15) is 39.0 Å². The van der Waals surface area contributed by atoms with E-state index in [1.807, 2.05) is 0 Å². The highest BCUT2D eigenvalue weighted by atomic mass is 19.3. The van der Waals surface area contributed by atoms with Gasteiger partial charge >= 0.3 is 0 Å². The molecule has 0 amide bonds. The summed E-state index contributed by atoms with van der Waals surface area (Å²) in [7, 11) is 0. The van der Waals surface area contributed by atoms with Crippen molar-refractivity contribution in [3.63, 3.8) is 0 Å². The third-order valence-corrected chi connectivity index (χ3v) is 2.48. The predicted molar refractivity (Wildman–Crippen MR) is 45.5 cm³/mol. The zero-order chi connectivity index (χ0) is 8.97. The predicted octanol–water partition coefficient (Wildman–Crippen LogP) is 2.56. The smallest absolute Gasteiger partial charge is 0.253 e. The molecule has 0 aromatic heterocycles. The highest BCUT2D eigenvalue weighted by molar-refractivity contribution is 4.75. The minimum Gasteiger partial charge on any atom is -0.306 e. The van der Waals surface area contributed by atoms with Crippen molar-refractivity contribution in [1.29, 1.82) is 0 Å². The van der Waals surface area contributed by atoms with Crippen LogP contribution in [0, 0.1) is 0 Å². The van der Waals surface area contributed by atoms with Gasteiger partial charge < -0.3 is 5.32 Å². The molecule has 0 spiro atoms. The largest absolute Gasteiger partial charge is 0.306 e. The van der Waals surface area contributed by atoms with Crippen LogP contribution in [-0.2, 0) is 0 Å². The number of rotatable bonds is 3. The molecule has 12 heavy (non-hydrogen) atoms. The van der Waals surface area contributed by atoms with Gasteiger partial charge in [-0.3, -0.25) is 0 Å². The second-order valence-corrected chi connectivity index (χ2v) is 3.62. The SMILES string of the molecule is CC(NC1CCCCC1)C(F)F. The maximum atomic E-state index is 12.1. The molecule has 1 saturated carbocycles. The molecule has 0 heterocycles. The highest BCUT2D eigenvalue weighted by Gasteiger charge is 2.20. The second-order valence-electron chi connectivity index (χ2n) is 3.62. The first kappa shape index (κ1) is 9.90. The number of nitrogens with one attached hydrogen (secondary N) is 1. The van der Waals surface area contributed by atoms with E-state index in [9.17, 15) is 8.78 Å². The molecule has 1 nitrogen and oxygen atoms in total. The van der Waals surface area contributed by atoms with Crippen LogP contribution in [-0.4, -0.2) is 18.5 Å². The molecule has 0 aliphatic heterocycles. The van der Waals surface area contributed by atoms with Gasteiger partial charge in [0, 0.05) is 6.04 Å². The molecule has 72 valence electrons. The first-order chi connectivity index (χ1) is 5.70. The summed E-state index contributed by atoms with van der Waals surface area (Å²) in [5, 5.41) is 2.97. The summed E-state index contributed by atoms with van der Waals surface area (Å²) in [6.45, 7) is 1.55. The summed E-state index contributed by atoms with van der Waals surface area (Å²) in [6, 6.07) is -0.309. The Labute approximate surface area is 72.5 Å². The second kappa shape index (κ2) is 4.75. The van der Waals surface area contributed by atoms with Crippen LogP contribution in [0.5, 0.6) is 0 Å². The average molecular weight is 177 g/mol. The van der Waals surface area contributed by atoms with Crippen LogP contribution in [0.2, 0.25) is 0 Å². The van der Waals surface area contributed by atoms with Crippen molar-refractivity contribution in [1.82, 2.24) is 5.32 Å². The van der Waals surface area contributed by atoms with Crippen molar-refractivity contribution in [3.8, 4) is 0 Å². The van der Waals surface area contributed by atoms with Gasteiger partial charge in [0.2, 0.25) is 0 Å². The molecule has 1 N–H and O–H groups in total. The van der Waals surface area contributed by atoms with Crippen LogP contribution in [0.4, 0.5) is 8.78 Å². The molecule has 3 heteroatoms. The number of hydrogen-bond acceptors (Lipinski definition) is 1. The molecule has 1 atom stereocenters. The standard InChI is InChI=1S/C9H17F2N/c1-7(9(10)11)12-8-5-3-2-4-6-8/h7-9,12H,2-6H2,1H3. The van der Waals surface area contributed by atoms with Crippen molar-refractivity contribution in [2.24, 2.45) is 0 Å². The fourth-order valence-corrected chi connectivity index (χ4v) is 1.71. The van der Waals surface area contributed by atoms with E-state index in [-0.39, 0.29) is 0 Å². The van der Waals surface area contributed by atoms with Gasteiger partial charge in [-0.2, -0.15) is 0 Å². The average Bonchev–Trinajstić information content (AvgIpc) is 2.06. The summed E-state index contributed by atoms with van der Waals surface area (Å²) < 4.78 is 24.2. The Bertz CT molecular complexity index is 122. The van der Waals surface area contributed by atoms with E-state index in [0.29, 0.717) is 6.04 Å². The molecular formula is C9H17F2N. The quantitative estimate of drug-likeness (QED) is 0.698. The zero-order valence-corrected chi connectivity index (χ0v) is 7.52. The van der Waals surface area contributed by atoms with Crippen molar-refractivity contribution in [3.05, 3.63) is 0 Å². The van der Waals surface area contributed by atoms with Crippen LogP contribution in [0.15, 0.2) is 0 Å². The van der Waals surface area contributed by atoms with Crippen LogP contribution in [0.3, 0.4) is 0 Å². The lowest BCUT2D eigenvalue weighted by Crippen LogP contribution is -2.41. The van der Waals surface area contributed by atoms with Gasteiger partial charge in [0.15, 0.2) is 0 Å².